The molecule has 3 aromatic rings. The predicted molar refractivity (Wildman–Crippen MR) is 149 cm³/mol. The second-order valence-electron chi connectivity index (χ2n) is 10.8. The number of sulfonamides is 1. The number of rotatable bonds is 9. The zero-order chi connectivity index (χ0) is 27.6. The molecule has 5 rings (SSSR count). The smallest absolute Gasteiger partial charge is 0.264 e. The van der Waals surface area contributed by atoms with E-state index in [1.54, 1.807) is 24.3 Å². The van der Waals surface area contributed by atoms with Crippen LogP contribution < -0.4 is 10.6 Å². The molecule has 0 radical (unpaired) electrons. The average molecular weight is 549 g/mol. The maximum Gasteiger partial charge on any atom is 0.264 e. The van der Waals surface area contributed by atoms with Gasteiger partial charge in [0, 0.05) is 31.6 Å². The first-order valence-corrected chi connectivity index (χ1v) is 15.0. The normalized spacial score (nSPS) is 19.3. The van der Waals surface area contributed by atoms with Gasteiger partial charge >= 0.3 is 0 Å². The van der Waals surface area contributed by atoms with Crippen molar-refractivity contribution in [1.29, 1.82) is 0 Å². The van der Waals surface area contributed by atoms with Crippen LogP contribution in [0.4, 0.5) is 0 Å². The Morgan fingerprint density at radius 3 is 2.72 bits per heavy atom. The van der Waals surface area contributed by atoms with Crippen molar-refractivity contribution in [3.05, 3.63) is 89.0 Å². The third kappa shape index (κ3) is 5.91. The van der Waals surface area contributed by atoms with E-state index in [1.165, 1.54) is 29.1 Å². The fourth-order valence-corrected chi connectivity index (χ4v) is 6.71. The lowest BCUT2D eigenvalue weighted by molar-refractivity contribution is -0.124. The molecule has 2 atom stereocenters. The summed E-state index contributed by atoms with van der Waals surface area (Å²) in [6.07, 6.45) is 7.74. The van der Waals surface area contributed by atoms with E-state index in [4.69, 9.17) is 0 Å². The Kier molecular flexibility index (Phi) is 7.86. The van der Waals surface area contributed by atoms with E-state index in [0.717, 1.165) is 42.2 Å². The van der Waals surface area contributed by atoms with Crippen molar-refractivity contribution in [3.8, 4) is 0 Å². The van der Waals surface area contributed by atoms with Crippen LogP contribution in [0.1, 0.15) is 60.7 Å². The molecule has 10 heteroatoms. The summed E-state index contributed by atoms with van der Waals surface area (Å²) < 4.78 is 29.8. The lowest BCUT2D eigenvalue weighted by atomic mass is 9.86. The number of nitrogens with one attached hydrogen (secondary N) is 2. The summed E-state index contributed by atoms with van der Waals surface area (Å²) in [5, 5.41) is 14.9. The van der Waals surface area contributed by atoms with Crippen LogP contribution in [0.3, 0.4) is 0 Å². The van der Waals surface area contributed by atoms with E-state index in [9.17, 15) is 13.2 Å². The molecule has 206 valence electrons. The summed E-state index contributed by atoms with van der Waals surface area (Å²) in [7, 11) is -3.92. The van der Waals surface area contributed by atoms with Crippen LogP contribution in [0.5, 0.6) is 0 Å². The van der Waals surface area contributed by atoms with Crippen LogP contribution in [0.2, 0.25) is 0 Å². The minimum absolute atomic E-state index is 0.0557. The Morgan fingerprint density at radius 2 is 1.95 bits per heavy atom. The fourth-order valence-electron chi connectivity index (χ4n) is 5.26. The molecular weight excluding hydrogens is 512 g/mol. The molecular formula is C29H36N6O3S. The first-order valence-electron chi connectivity index (χ1n) is 13.5. The number of carbonyl (C=O) groups is 1. The zero-order valence-electron chi connectivity index (χ0n) is 22.7. The second-order valence-corrected chi connectivity index (χ2v) is 12.7. The summed E-state index contributed by atoms with van der Waals surface area (Å²) in [6, 6.07) is 12.4. The number of amides is 1. The molecule has 0 fully saturated rings. The Bertz CT molecular complexity index is 1460. The van der Waals surface area contributed by atoms with Crippen molar-refractivity contribution in [2.45, 2.75) is 70.0 Å². The molecule has 0 saturated carbocycles. The average Bonchev–Trinajstić information content (AvgIpc) is 3.38. The zero-order valence-corrected chi connectivity index (χ0v) is 23.5. The molecule has 2 N–H and O–H groups in total. The minimum atomic E-state index is -3.92. The Labute approximate surface area is 230 Å². The first-order chi connectivity index (χ1) is 18.7. The number of hydrogen-bond acceptors (Lipinski definition) is 6. The lowest BCUT2D eigenvalue weighted by Gasteiger charge is -2.31. The number of aromatic nitrogens is 3. The lowest BCUT2D eigenvalue weighted by Crippen LogP contribution is -2.50. The highest BCUT2D eigenvalue weighted by atomic mass is 32.2. The number of carbonyl (C=O) groups excluding carboxylic acids is 1. The monoisotopic (exact) mass is 548 g/mol. The summed E-state index contributed by atoms with van der Waals surface area (Å²) in [4.78, 5) is 13.0. The molecule has 2 aliphatic rings. The Balaban J connectivity index is 1.34. The fraction of sp³-hybridized carbons (Fsp3) is 0.414. The molecule has 1 aromatic heterocycles. The van der Waals surface area contributed by atoms with Crippen molar-refractivity contribution < 1.29 is 13.2 Å². The van der Waals surface area contributed by atoms with E-state index < -0.39 is 22.0 Å². The van der Waals surface area contributed by atoms with Crippen LogP contribution in [-0.2, 0) is 34.2 Å². The summed E-state index contributed by atoms with van der Waals surface area (Å²) in [6.45, 7) is 8.14. The first kappa shape index (κ1) is 27.1. The maximum atomic E-state index is 13.4. The van der Waals surface area contributed by atoms with E-state index in [0.29, 0.717) is 11.6 Å². The highest BCUT2D eigenvalue weighted by Gasteiger charge is 2.36. The summed E-state index contributed by atoms with van der Waals surface area (Å²) >= 11 is 0. The van der Waals surface area contributed by atoms with Gasteiger partial charge in [0.2, 0.25) is 5.91 Å². The number of benzene rings is 2. The molecule has 0 saturated heterocycles. The number of fused-ring (bicyclic) bond motifs is 1. The van der Waals surface area contributed by atoms with Gasteiger partial charge in [0.1, 0.15) is 6.04 Å². The topological polar surface area (TPSA) is 109 Å². The highest BCUT2D eigenvalue weighted by Crippen LogP contribution is 2.33. The van der Waals surface area contributed by atoms with Gasteiger partial charge < -0.3 is 10.6 Å². The van der Waals surface area contributed by atoms with Crippen LogP contribution in [0.15, 0.2) is 66.0 Å². The molecule has 9 nitrogen and oxygen atoms in total. The van der Waals surface area contributed by atoms with Gasteiger partial charge in [-0.3, -0.25) is 9.10 Å². The van der Waals surface area contributed by atoms with Crippen LogP contribution in [0, 0.1) is 12.8 Å². The molecule has 0 bridgehead atoms. The SMILES string of the molecule is Cc1ccc(S(=O)(=O)N2C=CNC(=O)[C@H]2Cc2cn([C@H]3CCCc4cc(CNCC(C)C)ccc43)nn2)cc1. The number of aryl methyl sites for hydroxylation is 2. The van der Waals surface area contributed by atoms with Gasteiger partial charge in [0.05, 0.1) is 16.6 Å². The third-order valence-corrected chi connectivity index (χ3v) is 9.10. The quantitative estimate of drug-likeness (QED) is 0.424. The van der Waals surface area contributed by atoms with Gasteiger partial charge in [-0.25, -0.2) is 13.1 Å². The Hall–Kier alpha value is -3.50. The van der Waals surface area contributed by atoms with Crippen LogP contribution in [0.25, 0.3) is 0 Å². The van der Waals surface area contributed by atoms with Gasteiger partial charge in [-0.2, -0.15) is 0 Å². The van der Waals surface area contributed by atoms with Crippen molar-refractivity contribution >= 4 is 15.9 Å². The van der Waals surface area contributed by atoms with Gasteiger partial charge in [-0.05, 0) is 67.5 Å². The van der Waals surface area contributed by atoms with Crippen molar-refractivity contribution in [1.82, 2.24) is 29.9 Å². The third-order valence-electron chi connectivity index (χ3n) is 7.30. The molecule has 0 spiro atoms. The van der Waals surface area contributed by atoms with Gasteiger partial charge in [0.25, 0.3) is 10.0 Å². The summed E-state index contributed by atoms with van der Waals surface area (Å²) in [5.41, 5.74) is 5.38. The molecule has 1 aliphatic heterocycles. The summed E-state index contributed by atoms with van der Waals surface area (Å²) in [5.74, 6) is 0.211. The standard InChI is InChI=1S/C29H36N6O3S/c1-20(2)17-30-18-22-9-12-26-23(15-22)5-4-6-27(26)34-19-24(32-33-34)16-28-29(36)31-13-14-35(28)39(37,38)25-10-7-21(3)8-11-25/h7-15,19-20,27-28,30H,4-6,16-18H2,1-3H3,(H,31,36)/t27-,28+/m0/s1. The van der Waals surface area contributed by atoms with Gasteiger partial charge in [-0.1, -0.05) is 55.0 Å². The van der Waals surface area contributed by atoms with E-state index >= 15 is 0 Å². The number of nitrogens with zero attached hydrogens (tertiary/aromatic N) is 4. The van der Waals surface area contributed by atoms with Crippen molar-refractivity contribution in [3.63, 3.8) is 0 Å². The van der Waals surface area contributed by atoms with E-state index in [1.807, 2.05) is 17.8 Å². The van der Waals surface area contributed by atoms with Gasteiger partial charge in [0.15, 0.2) is 0 Å². The predicted octanol–water partition coefficient (Wildman–Crippen LogP) is 3.46. The van der Waals surface area contributed by atoms with Crippen molar-refractivity contribution in [2.24, 2.45) is 5.92 Å². The van der Waals surface area contributed by atoms with Crippen LogP contribution in [-0.4, -0.2) is 46.2 Å². The highest BCUT2D eigenvalue weighted by molar-refractivity contribution is 7.89. The maximum absolute atomic E-state index is 13.4. The molecule has 39 heavy (non-hydrogen) atoms. The largest absolute Gasteiger partial charge is 0.329 e. The molecule has 1 amide bonds. The molecule has 2 heterocycles. The minimum Gasteiger partial charge on any atom is -0.329 e. The molecule has 1 aliphatic carbocycles. The molecule has 0 unspecified atom stereocenters. The van der Waals surface area contributed by atoms with Crippen LogP contribution >= 0.6 is 0 Å². The second kappa shape index (κ2) is 11.3. The van der Waals surface area contributed by atoms with E-state index in [2.05, 4.69) is 53.0 Å². The van der Waals surface area contributed by atoms with Crippen molar-refractivity contribution in [2.75, 3.05) is 6.54 Å². The van der Waals surface area contributed by atoms with Gasteiger partial charge in [-0.15, -0.1) is 5.10 Å². The van der Waals surface area contributed by atoms with E-state index in [-0.39, 0.29) is 17.4 Å². The Morgan fingerprint density at radius 1 is 1.15 bits per heavy atom. The molecule has 2 aromatic carbocycles. The number of hydrogen-bond donors (Lipinski definition) is 2.